The van der Waals surface area contributed by atoms with Crippen molar-refractivity contribution >= 4 is 47.3 Å². The number of aliphatic hydroxyl groups is 1. The SMILES string of the molecule is C#C.C#C.C/C=C(\C)CCC.C/C=C\CC.CC.CC(=O)N(CC(=O)Nc1ccc(/C=C\c2ccc(NC(=O)[C@@H]3CCCN3C(=O)OCc3ccccc3)cc2)cc1)C[C@@H](C)N.CO. The molecule has 1 aliphatic rings. The zero-order valence-corrected chi connectivity index (χ0v) is 40.2. The van der Waals surface area contributed by atoms with Gasteiger partial charge in [0.05, 0.1) is 6.54 Å². The van der Waals surface area contributed by atoms with E-state index in [9.17, 15) is 19.2 Å². The fraction of sp³-hybridized carbons (Fsp3) is 0.396. The molecule has 350 valence electrons. The summed E-state index contributed by atoms with van der Waals surface area (Å²) in [7, 11) is 1.00. The number of anilines is 2. The summed E-state index contributed by atoms with van der Waals surface area (Å²) < 4.78 is 5.44. The molecule has 2 atom stereocenters. The Morgan fingerprint density at radius 2 is 1.38 bits per heavy atom. The third-order valence-corrected chi connectivity index (χ3v) is 8.73. The molecule has 0 spiro atoms. The summed E-state index contributed by atoms with van der Waals surface area (Å²) >= 11 is 0. The van der Waals surface area contributed by atoms with Gasteiger partial charge >= 0.3 is 6.09 Å². The number of likely N-dealkylation sites (tertiary alicyclic amines) is 1. The Labute approximate surface area is 386 Å². The van der Waals surface area contributed by atoms with Crippen LogP contribution in [0.25, 0.3) is 12.2 Å². The Morgan fingerprint density at radius 3 is 1.78 bits per heavy atom. The van der Waals surface area contributed by atoms with Crippen LogP contribution in [0.15, 0.2) is 103 Å². The van der Waals surface area contributed by atoms with Crippen LogP contribution in [0.1, 0.15) is 111 Å². The first-order valence-corrected chi connectivity index (χ1v) is 21.7. The van der Waals surface area contributed by atoms with E-state index in [0.29, 0.717) is 30.9 Å². The number of nitrogens with zero attached hydrogens (tertiary/aromatic N) is 2. The maximum Gasteiger partial charge on any atom is 0.410 e. The topological polar surface area (TPSA) is 154 Å². The molecule has 3 aromatic rings. The molecule has 1 aliphatic heterocycles. The van der Waals surface area contributed by atoms with Crippen LogP contribution in [0, 0.1) is 25.7 Å². The van der Waals surface area contributed by atoms with Crippen molar-refractivity contribution < 1.29 is 29.0 Å². The number of rotatable bonds is 14. The van der Waals surface area contributed by atoms with Gasteiger partial charge in [0.15, 0.2) is 0 Å². The molecule has 3 aromatic carbocycles. The van der Waals surface area contributed by atoms with Crippen molar-refractivity contribution in [2.45, 2.75) is 113 Å². The van der Waals surface area contributed by atoms with Crippen LogP contribution in [0.2, 0.25) is 0 Å². The molecule has 1 saturated heterocycles. The molecular weight excluding hydrogens is 803 g/mol. The summed E-state index contributed by atoms with van der Waals surface area (Å²) in [5.41, 5.74) is 11.3. The van der Waals surface area contributed by atoms with Gasteiger partial charge in [0.25, 0.3) is 0 Å². The fourth-order valence-electron chi connectivity index (χ4n) is 5.63. The highest BCUT2D eigenvalue weighted by Gasteiger charge is 2.35. The van der Waals surface area contributed by atoms with Crippen LogP contribution in [-0.2, 0) is 25.7 Å². The molecule has 0 bridgehead atoms. The van der Waals surface area contributed by atoms with Crippen LogP contribution >= 0.6 is 0 Å². The molecule has 5 N–H and O–H groups in total. The predicted octanol–water partition coefficient (Wildman–Crippen LogP) is 10.6. The summed E-state index contributed by atoms with van der Waals surface area (Å²) in [5.74, 6) is -0.733. The summed E-state index contributed by atoms with van der Waals surface area (Å²) in [6.45, 7) is 18.7. The highest BCUT2D eigenvalue weighted by Crippen LogP contribution is 2.22. The van der Waals surface area contributed by atoms with Crippen LogP contribution in [-0.4, -0.2) is 77.5 Å². The van der Waals surface area contributed by atoms with Crippen molar-refractivity contribution in [3.63, 3.8) is 0 Å². The first-order chi connectivity index (χ1) is 30.9. The lowest BCUT2D eigenvalue weighted by atomic mass is 10.1. The van der Waals surface area contributed by atoms with Crippen LogP contribution in [0.3, 0.4) is 0 Å². The number of carbonyl (C=O) groups excluding carboxylic acids is 4. The lowest BCUT2D eigenvalue weighted by molar-refractivity contribution is -0.132. The van der Waals surface area contributed by atoms with Gasteiger partial charge in [-0.1, -0.05) is 125 Å². The molecule has 0 saturated carbocycles. The first-order valence-electron chi connectivity index (χ1n) is 21.7. The van der Waals surface area contributed by atoms with Gasteiger partial charge in [0, 0.05) is 44.5 Å². The lowest BCUT2D eigenvalue weighted by Crippen LogP contribution is -2.43. The van der Waals surface area contributed by atoms with Crippen molar-refractivity contribution in [3.05, 3.63) is 119 Å². The summed E-state index contributed by atoms with van der Waals surface area (Å²) in [5, 5.41) is 12.7. The van der Waals surface area contributed by atoms with Crippen molar-refractivity contribution in [3.8, 4) is 25.7 Å². The number of nitrogens with two attached hydrogens (primary N) is 1. The maximum atomic E-state index is 13.0. The van der Waals surface area contributed by atoms with Crippen molar-refractivity contribution in [2.75, 3.05) is 37.4 Å². The van der Waals surface area contributed by atoms with E-state index in [2.05, 4.69) is 82.2 Å². The summed E-state index contributed by atoms with van der Waals surface area (Å²) in [4.78, 5) is 52.7. The normalized spacial score (nSPS) is 12.7. The van der Waals surface area contributed by atoms with E-state index < -0.39 is 12.1 Å². The van der Waals surface area contributed by atoms with E-state index in [4.69, 9.17) is 15.6 Å². The third kappa shape index (κ3) is 28.2. The predicted molar refractivity (Wildman–Crippen MR) is 270 cm³/mol. The standard InChI is InChI=1S/C34H39N5O5.C7H14.C5H10.C2H6.2C2H2.CH4O/c1-24(35)21-38(25(2)40)22-32(41)36-29-16-12-26(13-17-29)10-11-27-14-18-30(19-15-27)37-33(42)31-9-6-20-39(31)34(43)44-23-28-7-4-3-5-8-28;1-4-6-7(3)5-2;1-3-5-4-2;4*1-2/h3-5,7-8,10-19,24,31H,6,9,20-23,35H2,1-2H3,(H,36,41)(H,37,42);5H,4,6H2,1-3H3;3,5H,4H2,1-2H3;1-2H3;2*1-2H;2H,1H3/b11-10-;7-5+;5-3-;;;;/t24-,31+;;;;;;/m1....../s1. The summed E-state index contributed by atoms with van der Waals surface area (Å²) in [6, 6.07) is 23.4. The van der Waals surface area contributed by atoms with Gasteiger partial charge in [-0.2, -0.15) is 0 Å². The van der Waals surface area contributed by atoms with E-state index in [1.807, 2.05) is 99.7 Å². The molecule has 4 rings (SSSR count). The van der Waals surface area contributed by atoms with Crippen molar-refractivity contribution in [1.29, 1.82) is 0 Å². The molecule has 0 aliphatic carbocycles. The van der Waals surface area contributed by atoms with E-state index in [1.54, 1.807) is 19.1 Å². The Bertz CT molecular complexity index is 1810. The largest absolute Gasteiger partial charge is 0.445 e. The number of amides is 4. The second-order valence-electron chi connectivity index (χ2n) is 13.7. The number of aliphatic hydroxyl groups excluding tert-OH is 1. The molecule has 64 heavy (non-hydrogen) atoms. The van der Waals surface area contributed by atoms with E-state index in [1.165, 1.54) is 35.1 Å². The number of ether oxygens (including phenoxy) is 1. The molecule has 11 heteroatoms. The average molecular weight is 880 g/mol. The highest BCUT2D eigenvalue weighted by atomic mass is 16.6. The van der Waals surface area contributed by atoms with Crippen LogP contribution < -0.4 is 16.4 Å². The van der Waals surface area contributed by atoms with Gasteiger partial charge in [-0.25, -0.2) is 4.79 Å². The second-order valence-corrected chi connectivity index (χ2v) is 13.7. The Kier molecular flexibility index (Phi) is 39.3. The second kappa shape index (κ2) is 40.7. The quantitative estimate of drug-likeness (QED) is 0.0714. The molecule has 4 amide bonds. The van der Waals surface area contributed by atoms with E-state index in [0.717, 1.165) is 36.6 Å². The number of hydrogen-bond acceptors (Lipinski definition) is 7. The number of hydrogen-bond donors (Lipinski definition) is 4. The minimum Gasteiger partial charge on any atom is -0.445 e. The number of nitrogens with one attached hydrogen (secondary N) is 2. The van der Waals surface area contributed by atoms with Crippen LogP contribution in [0.5, 0.6) is 0 Å². The molecule has 0 aromatic heterocycles. The molecule has 1 fully saturated rings. The molecule has 11 nitrogen and oxygen atoms in total. The molecule has 0 radical (unpaired) electrons. The number of allylic oxidation sites excluding steroid dienone is 4. The molecule has 1 heterocycles. The number of benzene rings is 3. The van der Waals surface area contributed by atoms with Gasteiger partial charge in [-0.05, 0) is 94.3 Å². The molecular formula is C53H77N5O6. The number of terminal acetylenes is 2. The summed E-state index contributed by atoms with van der Waals surface area (Å²) in [6.07, 6.45) is 30.8. The zero-order valence-electron chi connectivity index (χ0n) is 40.2. The van der Waals surface area contributed by atoms with Gasteiger partial charge in [-0.15, -0.1) is 25.7 Å². The Morgan fingerprint density at radius 1 is 0.859 bits per heavy atom. The Hall–Kier alpha value is -6.40. The zero-order chi connectivity index (χ0) is 49.3. The smallest absolute Gasteiger partial charge is 0.410 e. The van der Waals surface area contributed by atoms with Gasteiger partial charge in [0.2, 0.25) is 17.7 Å². The van der Waals surface area contributed by atoms with E-state index >= 15 is 0 Å². The fourth-order valence-corrected chi connectivity index (χ4v) is 5.63. The highest BCUT2D eigenvalue weighted by molar-refractivity contribution is 5.97. The first kappa shape index (κ1) is 61.9. The van der Waals surface area contributed by atoms with Crippen molar-refractivity contribution in [1.82, 2.24) is 9.80 Å². The van der Waals surface area contributed by atoms with E-state index in [-0.39, 0.29) is 36.9 Å². The minimum atomic E-state index is -0.576. The van der Waals surface area contributed by atoms with Gasteiger partial charge in [-0.3, -0.25) is 19.3 Å². The maximum absolute atomic E-state index is 13.0. The van der Waals surface area contributed by atoms with Crippen molar-refractivity contribution in [2.24, 2.45) is 5.73 Å². The monoisotopic (exact) mass is 880 g/mol. The number of carbonyl (C=O) groups is 4. The van der Waals surface area contributed by atoms with Crippen LogP contribution in [0.4, 0.5) is 16.2 Å². The molecule has 0 unspecified atom stereocenters. The third-order valence-electron chi connectivity index (χ3n) is 8.73. The average Bonchev–Trinajstić information content (AvgIpc) is 3.83. The van der Waals surface area contributed by atoms with Gasteiger partial charge in [0.1, 0.15) is 12.6 Å². The minimum absolute atomic E-state index is 0.0603. The van der Waals surface area contributed by atoms with Gasteiger partial charge < -0.3 is 31.1 Å². The lowest BCUT2D eigenvalue weighted by Gasteiger charge is -2.23. The Balaban J connectivity index is -0.00000158.